The van der Waals surface area contributed by atoms with E-state index in [-0.39, 0.29) is 6.61 Å². The van der Waals surface area contributed by atoms with Gasteiger partial charge in [-0.3, -0.25) is 0 Å². The van der Waals surface area contributed by atoms with Crippen LogP contribution in [0.5, 0.6) is 0 Å². The highest BCUT2D eigenvalue weighted by atomic mass is 32.1. The van der Waals surface area contributed by atoms with Crippen LogP contribution in [-0.2, 0) is 13.0 Å². The zero-order chi connectivity index (χ0) is 12.1. The van der Waals surface area contributed by atoms with Crippen molar-refractivity contribution in [3.8, 4) is 0 Å². The van der Waals surface area contributed by atoms with E-state index in [1.807, 2.05) is 24.3 Å². The van der Waals surface area contributed by atoms with E-state index in [1.54, 1.807) is 11.3 Å². The Morgan fingerprint density at radius 2 is 2.18 bits per heavy atom. The first-order valence-electron chi connectivity index (χ1n) is 5.55. The van der Waals surface area contributed by atoms with Gasteiger partial charge in [0, 0.05) is 29.4 Å². The van der Waals surface area contributed by atoms with E-state index in [0.29, 0.717) is 6.42 Å². The molecule has 90 valence electrons. The van der Waals surface area contributed by atoms with Gasteiger partial charge in [-0.25, -0.2) is 0 Å². The van der Waals surface area contributed by atoms with Gasteiger partial charge in [-0.1, -0.05) is 6.07 Å². The Labute approximate surface area is 105 Å². The highest BCUT2D eigenvalue weighted by Crippen LogP contribution is 2.21. The summed E-state index contributed by atoms with van der Waals surface area (Å²) in [7, 11) is 0. The molecule has 2 aromatic rings. The maximum Gasteiger partial charge on any atom is 0.0494 e. The average molecular weight is 248 g/mol. The molecule has 1 aromatic heterocycles. The Morgan fingerprint density at radius 3 is 2.88 bits per heavy atom. The summed E-state index contributed by atoms with van der Waals surface area (Å²) >= 11 is 1.73. The zero-order valence-corrected chi connectivity index (χ0v) is 10.3. The molecular weight excluding hydrogens is 232 g/mol. The number of benzene rings is 1. The summed E-state index contributed by atoms with van der Waals surface area (Å²) in [6.45, 7) is 0.942. The molecule has 2 rings (SSSR count). The first kappa shape index (κ1) is 12.0. The molecule has 0 aliphatic rings. The largest absolute Gasteiger partial charge is 0.399 e. The third-order valence-electron chi connectivity index (χ3n) is 2.54. The number of thiophene rings is 1. The predicted molar refractivity (Wildman–Crippen MR) is 73.3 cm³/mol. The van der Waals surface area contributed by atoms with Crippen molar-refractivity contribution in [3.63, 3.8) is 0 Å². The van der Waals surface area contributed by atoms with Crippen molar-refractivity contribution in [1.82, 2.24) is 0 Å². The highest BCUT2D eigenvalue weighted by Gasteiger charge is 2.03. The summed E-state index contributed by atoms with van der Waals surface area (Å²) in [5.41, 5.74) is 8.58. The van der Waals surface area contributed by atoms with Crippen LogP contribution in [0, 0.1) is 0 Å². The second-order valence-electron chi connectivity index (χ2n) is 3.82. The van der Waals surface area contributed by atoms with Gasteiger partial charge < -0.3 is 16.2 Å². The quantitative estimate of drug-likeness (QED) is 0.712. The molecular formula is C13H16N2OS. The fourth-order valence-electron chi connectivity index (χ4n) is 1.71. The third kappa shape index (κ3) is 3.22. The fourth-order valence-corrected chi connectivity index (χ4v) is 2.35. The fraction of sp³-hybridized carbons (Fsp3) is 0.231. The first-order chi connectivity index (χ1) is 8.29. The van der Waals surface area contributed by atoms with Crippen molar-refractivity contribution >= 4 is 22.7 Å². The van der Waals surface area contributed by atoms with E-state index in [9.17, 15) is 0 Å². The number of rotatable bonds is 5. The minimum absolute atomic E-state index is 0.136. The number of hydrogen-bond acceptors (Lipinski definition) is 4. The summed E-state index contributed by atoms with van der Waals surface area (Å²) in [6.07, 6.45) is 0.623. The molecule has 0 aliphatic heterocycles. The zero-order valence-electron chi connectivity index (χ0n) is 9.52. The van der Waals surface area contributed by atoms with Crippen molar-refractivity contribution in [2.24, 2.45) is 0 Å². The van der Waals surface area contributed by atoms with Gasteiger partial charge in [0.1, 0.15) is 0 Å². The monoisotopic (exact) mass is 248 g/mol. The molecule has 3 nitrogen and oxygen atoms in total. The number of anilines is 2. The van der Waals surface area contributed by atoms with Gasteiger partial charge >= 0.3 is 0 Å². The van der Waals surface area contributed by atoms with E-state index in [4.69, 9.17) is 10.8 Å². The highest BCUT2D eigenvalue weighted by molar-refractivity contribution is 7.09. The van der Waals surface area contributed by atoms with Gasteiger partial charge in [0.15, 0.2) is 0 Å². The van der Waals surface area contributed by atoms with E-state index in [0.717, 1.165) is 23.5 Å². The number of nitrogen functional groups attached to an aromatic ring is 1. The van der Waals surface area contributed by atoms with Crippen molar-refractivity contribution in [1.29, 1.82) is 0 Å². The second kappa shape index (κ2) is 5.70. The second-order valence-corrected chi connectivity index (χ2v) is 4.86. The smallest absolute Gasteiger partial charge is 0.0494 e. The van der Waals surface area contributed by atoms with E-state index < -0.39 is 0 Å². The van der Waals surface area contributed by atoms with Crippen molar-refractivity contribution in [2.75, 3.05) is 17.7 Å². The van der Waals surface area contributed by atoms with E-state index in [1.165, 1.54) is 4.88 Å². The number of hydrogen-bond donors (Lipinski definition) is 3. The molecule has 0 saturated heterocycles. The molecule has 0 amide bonds. The molecule has 1 aromatic carbocycles. The van der Waals surface area contributed by atoms with Crippen molar-refractivity contribution in [3.05, 3.63) is 46.2 Å². The van der Waals surface area contributed by atoms with Gasteiger partial charge in [0.2, 0.25) is 0 Å². The van der Waals surface area contributed by atoms with Crippen LogP contribution in [0.15, 0.2) is 35.7 Å². The lowest BCUT2D eigenvalue weighted by Gasteiger charge is -2.11. The molecule has 4 N–H and O–H groups in total. The minimum atomic E-state index is 0.136. The molecule has 1 heterocycles. The van der Waals surface area contributed by atoms with Crippen LogP contribution in [0.2, 0.25) is 0 Å². The molecule has 4 heteroatoms. The number of aliphatic hydroxyl groups excluding tert-OH is 1. The number of aliphatic hydroxyl groups is 1. The standard InChI is InChI=1S/C13H16N2OS/c14-11-3-4-13(10(8-11)5-6-16)15-9-12-2-1-7-17-12/h1-4,7-8,15-16H,5-6,9,14H2. The lowest BCUT2D eigenvalue weighted by molar-refractivity contribution is 0.300. The Morgan fingerprint density at radius 1 is 1.29 bits per heavy atom. The van der Waals surface area contributed by atoms with Gasteiger partial charge in [0.05, 0.1) is 0 Å². The average Bonchev–Trinajstić information content (AvgIpc) is 2.81. The maximum absolute atomic E-state index is 9.02. The molecule has 17 heavy (non-hydrogen) atoms. The third-order valence-corrected chi connectivity index (χ3v) is 3.42. The maximum atomic E-state index is 9.02. The summed E-state index contributed by atoms with van der Waals surface area (Å²) in [6, 6.07) is 9.89. The Hall–Kier alpha value is -1.52. The molecule has 0 atom stereocenters. The van der Waals surface area contributed by atoms with Gasteiger partial charge in [-0.15, -0.1) is 11.3 Å². The van der Waals surface area contributed by atoms with Crippen LogP contribution >= 0.6 is 11.3 Å². The van der Waals surface area contributed by atoms with Crippen LogP contribution in [0.25, 0.3) is 0 Å². The molecule has 0 unspecified atom stereocenters. The molecule has 0 fully saturated rings. The summed E-state index contributed by atoms with van der Waals surface area (Å²) in [5, 5.41) is 14.5. The molecule has 0 saturated carbocycles. The van der Waals surface area contributed by atoms with E-state index in [2.05, 4.69) is 16.8 Å². The lowest BCUT2D eigenvalue weighted by Crippen LogP contribution is -2.03. The van der Waals surface area contributed by atoms with Crippen LogP contribution in [0.3, 0.4) is 0 Å². The normalized spacial score (nSPS) is 10.4. The van der Waals surface area contributed by atoms with E-state index >= 15 is 0 Å². The SMILES string of the molecule is Nc1ccc(NCc2cccs2)c(CCO)c1. The van der Waals surface area contributed by atoms with Crippen LogP contribution < -0.4 is 11.1 Å². The summed E-state index contributed by atoms with van der Waals surface area (Å²) in [5.74, 6) is 0. The topological polar surface area (TPSA) is 58.3 Å². The number of nitrogens with two attached hydrogens (primary N) is 1. The summed E-state index contributed by atoms with van der Waals surface area (Å²) in [4.78, 5) is 1.29. The van der Waals surface area contributed by atoms with Gasteiger partial charge in [0.25, 0.3) is 0 Å². The van der Waals surface area contributed by atoms with Gasteiger partial charge in [-0.2, -0.15) is 0 Å². The Bertz CT molecular complexity index is 468. The number of nitrogens with one attached hydrogen (secondary N) is 1. The van der Waals surface area contributed by atoms with Gasteiger partial charge in [-0.05, 0) is 41.6 Å². The molecule has 0 bridgehead atoms. The first-order valence-corrected chi connectivity index (χ1v) is 6.43. The molecule has 0 aliphatic carbocycles. The minimum Gasteiger partial charge on any atom is -0.399 e. The Kier molecular flexibility index (Phi) is 4.01. The van der Waals surface area contributed by atoms with Crippen molar-refractivity contribution < 1.29 is 5.11 Å². The molecule has 0 spiro atoms. The molecule has 0 radical (unpaired) electrons. The lowest BCUT2D eigenvalue weighted by atomic mass is 10.1. The Balaban J connectivity index is 2.08. The summed E-state index contributed by atoms with van der Waals surface area (Å²) < 4.78 is 0. The van der Waals surface area contributed by atoms with Crippen LogP contribution in [-0.4, -0.2) is 11.7 Å². The van der Waals surface area contributed by atoms with Crippen LogP contribution in [0.1, 0.15) is 10.4 Å². The van der Waals surface area contributed by atoms with Crippen LogP contribution in [0.4, 0.5) is 11.4 Å². The predicted octanol–water partition coefficient (Wildman–Crippen LogP) is 2.48. The van der Waals surface area contributed by atoms with Crippen molar-refractivity contribution in [2.45, 2.75) is 13.0 Å².